The van der Waals surface area contributed by atoms with Gasteiger partial charge >= 0.3 is 0 Å². The van der Waals surface area contributed by atoms with Crippen LogP contribution in [0.25, 0.3) is 0 Å². The van der Waals surface area contributed by atoms with Crippen LogP contribution < -0.4 is 11.1 Å². The fourth-order valence-electron chi connectivity index (χ4n) is 1.25. The zero-order valence-electron chi connectivity index (χ0n) is 8.18. The second kappa shape index (κ2) is 4.45. The van der Waals surface area contributed by atoms with E-state index in [9.17, 15) is 0 Å². The predicted octanol–water partition coefficient (Wildman–Crippen LogP) is 1.31. The molecule has 0 saturated heterocycles. The van der Waals surface area contributed by atoms with Gasteiger partial charge in [-0.25, -0.2) is 9.97 Å². The minimum atomic E-state index is 0.553. The van der Waals surface area contributed by atoms with Gasteiger partial charge in [0.15, 0.2) is 5.82 Å². The first-order chi connectivity index (χ1) is 7.36. The topological polar surface area (TPSA) is 77.0 Å². The van der Waals surface area contributed by atoms with Crippen molar-refractivity contribution < 1.29 is 4.42 Å². The van der Waals surface area contributed by atoms with Gasteiger partial charge in [-0.1, -0.05) is 0 Å². The number of nitrogens with one attached hydrogen (secondary N) is 1. The predicted molar refractivity (Wildman–Crippen MR) is 57.3 cm³/mol. The molecule has 0 saturated carbocycles. The summed E-state index contributed by atoms with van der Waals surface area (Å²) in [6, 6.07) is 3.80. The van der Waals surface area contributed by atoms with Crippen LogP contribution in [-0.2, 0) is 6.42 Å². The lowest BCUT2D eigenvalue weighted by molar-refractivity contribution is 0.513. The number of rotatable bonds is 4. The maximum atomic E-state index is 5.67. The summed E-state index contributed by atoms with van der Waals surface area (Å²) in [5.41, 5.74) is 6.22. The summed E-state index contributed by atoms with van der Waals surface area (Å²) in [5, 5.41) is 3.12. The van der Waals surface area contributed by atoms with Crippen molar-refractivity contribution in [3.05, 3.63) is 36.7 Å². The highest BCUT2D eigenvalue weighted by atomic mass is 16.3. The van der Waals surface area contributed by atoms with E-state index in [-0.39, 0.29) is 0 Å². The maximum Gasteiger partial charge on any atom is 0.152 e. The van der Waals surface area contributed by atoms with E-state index in [2.05, 4.69) is 15.3 Å². The van der Waals surface area contributed by atoms with Gasteiger partial charge in [-0.2, -0.15) is 0 Å². The fraction of sp³-hybridized carbons (Fsp3) is 0.200. The zero-order valence-corrected chi connectivity index (χ0v) is 8.18. The monoisotopic (exact) mass is 204 g/mol. The molecule has 0 aromatic carbocycles. The smallest absolute Gasteiger partial charge is 0.152 e. The molecule has 0 bridgehead atoms. The van der Waals surface area contributed by atoms with Gasteiger partial charge in [0, 0.05) is 13.0 Å². The molecule has 0 aliphatic rings. The van der Waals surface area contributed by atoms with E-state index in [0.29, 0.717) is 11.5 Å². The van der Waals surface area contributed by atoms with Crippen LogP contribution in [0, 0.1) is 0 Å². The van der Waals surface area contributed by atoms with Crippen molar-refractivity contribution in [1.82, 2.24) is 9.97 Å². The molecular formula is C10H12N4O. The summed E-state index contributed by atoms with van der Waals surface area (Å²) in [5.74, 6) is 1.60. The first-order valence-corrected chi connectivity index (χ1v) is 4.68. The molecule has 0 amide bonds. The van der Waals surface area contributed by atoms with Gasteiger partial charge < -0.3 is 15.5 Å². The van der Waals surface area contributed by atoms with Gasteiger partial charge in [-0.15, -0.1) is 0 Å². The lowest BCUT2D eigenvalue weighted by Gasteiger charge is -2.05. The Morgan fingerprint density at radius 2 is 2.40 bits per heavy atom. The van der Waals surface area contributed by atoms with E-state index in [1.807, 2.05) is 12.1 Å². The number of nitrogen functional groups attached to an aromatic ring is 1. The molecule has 2 rings (SSSR count). The van der Waals surface area contributed by atoms with Crippen LogP contribution in [0.5, 0.6) is 0 Å². The molecule has 5 nitrogen and oxygen atoms in total. The van der Waals surface area contributed by atoms with Crippen molar-refractivity contribution in [3.63, 3.8) is 0 Å². The summed E-state index contributed by atoms with van der Waals surface area (Å²) < 4.78 is 5.20. The van der Waals surface area contributed by atoms with Crippen LogP contribution in [0.3, 0.4) is 0 Å². The normalized spacial score (nSPS) is 10.1. The number of nitrogens with zero attached hydrogens (tertiary/aromatic N) is 2. The average Bonchev–Trinajstić information content (AvgIpc) is 2.74. The summed E-state index contributed by atoms with van der Waals surface area (Å²) >= 11 is 0. The highest BCUT2D eigenvalue weighted by Crippen LogP contribution is 2.11. The third-order valence-corrected chi connectivity index (χ3v) is 1.98. The number of hydrogen-bond acceptors (Lipinski definition) is 5. The Bertz CT molecular complexity index is 413. The van der Waals surface area contributed by atoms with Crippen molar-refractivity contribution >= 4 is 11.5 Å². The Kier molecular flexibility index (Phi) is 2.82. The maximum absolute atomic E-state index is 5.67. The largest absolute Gasteiger partial charge is 0.469 e. The number of hydrogen-bond donors (Lipinski definition) is 2. The lowest BCUT2D eigenvalue weighted by Crippen LogP contribution is -2.08. The van der Waals surface area contributed by atoms with E-state index in [0.717, 1.165) is 18.7 Å². The molecule has 2 aromatic rings. The SMILES string of the molecule is Nc1cncnc1NCCc1ccco1. The molecule has 0 radical (unpaired) electrons. The second-order valence-corrected chi connectivity index (χ2v) is 3.08. The van der Waals surface area contributed by atoms with Gasteiger partial charge in [0.2, 0.25) is 0 Å². The van der Waals surface area contributed by atoms with Crippen molar-refractivity contribution in [2.45, 2.75) is 6.42 Å². The van der Waals surface area contributed by atoms with Gasteiger partial charge in [0.25, 0.3) is 0 Å². The minimum absolute atomic E-state index is 0.553. The summed E-state index contributed by atoms with van der Waals surface area (Å²) in [6.45, 7) is 0.731. The van der Waals surface area contributed by atoms with E-state index < -0.39 is 0 Å². The Morgan fingerprint density at radius 3 is 3.13 bits per heavy atom. The van der Waals surface area contributed by atoms with Crippen molar-refractivity contribution in [2.24, 2.45) is 0 Å². The van der Waals surface area contributed by atoms with E-state index in [1.54, 1.807) is 12.5 Å². The average molecular weight is 204 g/mol. The standard InChI is InChI=1S/C10H12N4O/c11-9-6-12-7-14-10(9)13-4-3-8-2-1-5-15-8/h1-2,5-7H,3-4,11H2,(H,12,13,14). The van der Waals surface area contributed by atoms with Crippen LogP contribution in [0.1, 0.15) is 5.76 Å². The fourth-order valence-corrected chi connectivity index (χ4v) is 1.25. The molecule has 5 heteroatoms. The Labute approximate surface area is 87.3 Å². The van der Waals surface area contributed by atoms with E-state index >= 15 is 0 Å². The first-order valence-electron chi connectivity index (χ1n) is 4.68. The highest BCUT2D eigenvalue weighted by molar-refractivity contribution is 5.58. The number of nitrogens with two attached hydrogens (primary N) is 1. The summed E-state index contributed by atoms with van der Waals surface area (Å²) in [4.78, 5) is 7.83. The van der Waals surface area contributed by atoms with Gasteiger partial charge in [-0.05, 0) is 12.1 Å². The van der Waals surface area contributed by atoms with Crippen LogP contribution >= 0.6 is 0 Å². The van der Waals surface area contributed by atoms with Gasteiger partial charge in [0.1, 0.15) is 12.1 Å². The zero-order chi connectivity index (χ0) is 10.5. The van der Waals surface area contributed by atoms with E-state index in [1.165, 1.54) is 6.33 Å². The van der Waals surface area contributed by atoms with E-state index in [4.69, 9.17) is 10.2 Å². The molecule has 0 spiro atoms. The molecule has 0 unspecified atom stereocenters. The van der Waals surface area contributed by atoms with Crippen LogP contribution in [0.2, 0.25) is 0 Å². The quantitative estimate of drug-likeness (QED) is 0.785. The Hall–Kier alpha value is -2.04. The molecule has 15 heavy (non-hydrogen) atoms. The third kappa shape index (κ3) is 2.46. The molecular weight excluding hydrogens is 192 g/mol. The van der Waals surface area contributed by atoms with Crippen molar-refractivity contribution in [1.29, 1.82) is 0 Å². The van der Waals surface area contributed by atoms with Crippen molar-refractivity contribution in [3.8, 4) is 0 Å². The molecule has 2 aromatic heterocycles. The molecule has 2 heterocycles. The molecule has 78 valence electrons. The summed E-state index contributed by atoms with van der Waals surface area (Å²) in [7, 11) is 0. The minimum Gasteiger partial charge on any atom is -0.469 e. The lowest BCUT2D eigenvalue weighted by atomic mass is 10.3. The molecule has 0 atom stereocenters. The Balaban J connectivity index is 1.86. The third-order valence-electron chi connectivity index (χ3n) is 1.98. The first kappa shape index (κ1) is 9.51. The van der Waals surface area contributed by atoms with Crippen LogP contribution in [0.4, 0.5) is 11.5 Å². The molecule has 3 N–H and O–H groups in total. The Morgan fingerprint density at radius 1 is 1.47 bits per heavy atom. The summed E-state index contributed by atoms with van der Waals surface area (Å²) in [6.07, 6.45) is 5.50. The van der Waals surface area contributed by atoms with Crippen molar-refractivity contribution in [2.75, 3.05) is 17.6 Å². The number of aromatic nitrogens is 2. The second-order valence-electron chi connectivity index (χ2n) is 3.08. The van der Waals surface area contributed by atoms with Crippen LogP contribution in [0.15, 0.2) is 35.3 Å². The van der Waals surface area contributed by atoms with Gasteiger partial charge in [0.05, 0.1) is 18.1 Å². The highest BCUT2D eigenvalue weighted by Gasteiger charge is 1.99. The van der Waals surface area contributed by atoms with Crippen LogP contribution in [-0.4, -0.2) is 16.5 Å². The van der Waals surface area contributed by atoms with Gasteiger partial charge in [-0.3, -0.25) is 0 Å². The molecule has 0 aliphatic heterocycles. The number of anilines is 2. The molecule has 0 fully saturated rings. The number of furan rings is 1. The molecule has 0 aliphatic carbocycles.